The molecule has 30 heavy (non-hydrogen) atoms. The summed E-state index contributed by atoms with van der Waals surface area (Å²) in [5, 5.41) is 23.4. The van der Waals surface area contributed by atoms with E-state index in [1.807, 2.05) is 19.9 Å². The molecule has 4 aromatic heterocycles. The number of fused-ring (bicyclic) bond motifs is 2. The summed E-state index contributed by atoms with van der Waals surface area (Å²) in [6, 6.07) is 5.02. The lowest BCUT2D eigenvalue weighted by molar-refractivity contribution is -0.117. The number of hydrogen-bond acceptors (Lipinski definition) is 7. The third-order valence-corrected chi connectivity index (χ3v) is 5.16. The number of amides is 1. The lowest BCUT2D eigenvalue weighted by atomic mass is 10.2. The maximum Gasteiger partial charge on any atom is 0.293 e. The van der Waals surface area contributed by atoms with Gasteiger partial charge >= 0.3 is 0 Å². The summed E-state index contributed by atoms with van der Waals surface area (Å²) in [5.41, 5.74) is 1.43. The molecule has 0 spiro atoms. The van der Waals surface area contributed by atoms with Crippen LogP contribution < -0.4 is 10.9 Å². The van der Waals surface area contributed by atoms with Crippen LogP contribution in [-0.4, -0.2) is 45.1 Å². The molecule has 12 heteroatoms. The van der Waals surface area contributed by atoms with Crippen LogP contribution >= 0.6 is 11.6 Å². The van der Waals surface area contributed by atoms with Gasteiger partial charge in [-0.15, -0.1) is 15.3 Å². The molecule has 0 aromatic carbocycles. The van der Waals surface area contributed by atoms with Gasteiger partial charge in [-0.05, 0) is 42.6 Å². The molecule has 1 fully saturated rings. The van der Waals surface area contributed by atoms with Crippen LogP contribution in [0.1, 0.15) is 50.0 Å². The molecule has 11 nitrogen and oxygen atoms in total. The molecule has 0 bridgehead atoms. The molecule has 1 aliphatic carbocycles. The molecular formula is C18H18ClN9O2. The highest BCUT2D eigenvalue weighted by atomic mass is 35.5. The second-order valence-electron chi connectivity index (χ2n) is 7.62. The quantitative estimate of drug-likeness (QED) is 0.513. The summed E-state index contributed by atoms with van der Waals surface area (Å²) < 4.78 is 4.08. The highest BCUT2D eigenvalue weighted by Gasteiger charge is 2.28. The minimum atomic E-state index is -0.443. The molecule has 0 aliphatic heterocycles. The number of carbonyl (C=O) groups is 1. The maximum atomic E-state index is 12.9. The molecule has 0 atom stereocenters. The van der Waals surface area contributed by atoms with Gasteiger partial charge in [0.15, 0.2) is 17.3 Å². The van der Waals surface area contributed by atoms with Gasteiger partial charge in [0.2, 0.25) is 11.2 Å². The van der Waals surface area contributed by atoms with E-state index in [0.717, 1.165) is 18.5 Å². The van der Waals surface area contributed by atoms with E-state index in [2.05, 4.69) is 30.8 Å². The van der Waals surface area contributed by atoms with E-state index >= 15 is 0 Å². The first-order valence-corrected chi connectivity index (χ1v) is 9.97. The van der Waals surface area contributed by atoms with E-state index in [-0.39, 0.29) is 29.1 Å². The van der Waals surface area contributed by atoms with Crippen LogP contribution in [0.2, 0.25) is 5.28 Å². The van der Waals surface area contributed by atoms with Crippen LogP contribution in [0.15, 0.2) is 23.0 Å². The number of nitrogens with zero attached hydrogens (tertiary/aromatic N) is 8. The fourth-order valence-corrected chi connectivity index (χ4v) is 3.43. The number of hydrogen-bond donors (Lipinski definition) is 1. The molecule has 0 unspecified atom stereocenters. The van der Waals surface area contributed by atoms with Crippen LogP contribution in [0.5, 0.6) is 0 Å². The Balaban J connectivity index is 1.46. The monoisotopic (exact) mass is 427 g/mol. The summed E-state index contributed by atoms with van der Waals surface area (Å²) >= 11 is 5.91. The zero-order valence-corrected chi connectivity index (χ0v) is 17.0. The van der Waals surface area contributed by atoms with Gasteiger partial charge in [-0.3, -0.25) is 9.59 Å². The van der Waals surface area contributed by atoms with E-state index in [0.29, 0.717) is 22.9 Å². The average molecular weight is 428 g/mol. The lowest BCUT2D eigenvalue weighted by Gasteiger charge is -2.11. The van der Waals surface area contributed by atoms with Crippen molar-refractivity contribution in [2.45, 2.75) is 45.1 Å². The van der Waals surface area contributed by atoms with Crippen molar-refractivity contribution in [2.75, 3.05) is 5.32 Å². The summed E-state index contributed by atoms with van der Waals surface area (Å²) in [5.74, 6) is 0.871. The molecule has 4 aromatic rings. The van der Waals surface area contributed by atoms with Crippen molar-refractivity contribution in [1.29, 1.82) is 0 Å². The normalized spacial score (nSPS) is 14.1. The van der Waals surface area contributed by atoms with E-state index in [4.69, 9.17) is 11.6 Å². The third-order valence-electron chi connectivity index (χ3n) is 4.92. The van der Waals surface area contributed by atoms with Crippen LogP contribution in [-0.2, 0) is 11.3 Å². The molecule has 1 N–H and O–H groups in total. The van der Waals surface area contributed by atoms with Crippen molar-refractivity contribution < 1.29 is 4.79 Å². The van der Waals surface area contributed by atoms with Crippen LogP contribution in [0.3, 0.4) is 0 Å². The van der Waals surface area contributed by atoms with Crippen LogP contribution in [0, 0.1) is 0 Å². The van der Waals surface area contributed by atoms with Crippen LogP contribution in [0.25, 0.3) is 11.2 Å². The molecule has 1 aliphatic rings. The molecule has 1 saturated carbocycles. The molecule has 154 valence electrons. The smallest absolute Gasteiger partial charge is 0.293 e. The molecular weight excluding hydrogens is 410 g/mol. The van der Waals surface area contributed by atoms with E-state index < -0.39 is 5.91 Å². The Bertz CT molecular complexity index is 1350. The molecule has 5 rings (SSSR count). The summed E-state index contributed by atoms with van der Waals surface area (Å²) in [4.78, 5) is 25.5. The number of nitrogens with one attached hydrogen (secondary N) is 1. The standard InChI is InChI=1S/C18H18ClN9O2/c1-9(2)16-25-26(17(30)12-7-11(10-3-4-10)23-27(12)16)8-15(29)20-13-5-6-14-21-22-18(19)28(14)24-13/h5-7,9-10H,3-4,8H2,1-2H3,(H,20,24,29). The number of halogens is 1. The number of anilines is 1. The molecule has 4 heterocycles. The fraction of sp³-hybridized carbons (Fsp3) is 0.389. The predicted octanol–water partition coefficient (Wildman–Crippen LogP) is 1.62. The average Bonchev–Trinajstić information content (AvgIpc) is 3.36. The van der Waals surface area contributed by atoms with Crippen molar-refractivity contribution >= 4 is 34.5 Å². The third kappa shape index (κ3) is 3.20. The second-order valence-corrected chi connectivity index (χ2v) is 7.96. The number of carbonyl (C=O) groups excluding carboxylic acids is 1. The van der Waals surface area contributed by atoms with Crippen molar-refractivity contribution in [1.82, 2.24) is 39.2 Å². The molecule has 1 amide bonds. The Hall–Kier alpha value is -3.34. The van der Waals surface area contributed by atoms with Crippen LogP contribution in [0.4, 0.5) is 5.82 Å². The van der Waals surface area contributed by atoms with Gasteiger partial charge in [0.1, 0.15) is 12.1 Å². The molecule has 0 saturated heterocycles. The summed E-state index contributed by atoms with van der Waals surface area (Å²) in [7, 11) is 0. The van der Waals surface area contributed by atoms with Gasteiger partial charge < -0.3 is 5.32 Å². The van der Waals surface area contributed by atoms with Crippen molar-refractivity contribution in [2.24, 2.45) is 0 Å². The SMILES string of the molecule is CC(C)c1nn(CC(=O)Nc2ccc3nnc(Cl)n3n2)c(=O)c2cc(C3CC3)nn12. The topological polar surface area (TPSA) is 124 Å². The number of aromatic nitrogens is 8. The van der Waals surface area contributed by atoms with Crippen molar-refractivity contribution in [3.05, 3.63) is 45.4 Å². The first kappa shape index (κ1) is 18.7. The molecule has 0 radical (unpaired) electrons. The van der Waals surface area contributed by atoms with Crippen molar-refractivity contribution in [3.8, 4) is 0 Å². The Morgan fingerprint density at radius 1 is 1.20 bits per heavy atom. The zero-order valence-electron chi connectivity index (χ0n) is 16.3. The highest BCUT2D eigenvalue weighted by Crippen LogP contribution is 2.39. The van der Waals surface area contributed by atoms with E-state index in [9.17, 15) is 9.59 Å². The van der Waals surface area contributed by atoms with Gasteiger partial charge in [0.25, 0.3) is 5.56 Å². The lowest BCUT2D eigenvalue weighted by Crippen LogP contribution is -2.32. The van der Waals surface area contributed by atoms with Gasteiger partial charge in [0, 0.05) is 11.8 Å². The Labute approximate surface area is 174 Å². The minimum Gasteiger partial charge on any atom is -0.308 e. The fourth-order valence-electron chi connectivity index (χ4n) is 3.26. The number of rotatable bonds is 5. The Kier molecular flexibility index (Phi) is 4.28. The van der Waals surface area contributed by atoms with E-state index in [1.165, 1.54) is 9.20 Å². The minimum absolute atomic E-state index is 0.0225. The Morgan fingerprint density at radius 2 is 2.00 bits per heavy atom. The van der Waals surface area contributed by atoms with Gasteiger partial charge in [-0.25, -0.2) is 9.20 Å². The van der Waals surface area contributed by atoms with Gasteiger partial charge in [-0.1, -0.05) is 13.8 Å². The van der Waals surface area contributed by atoms with Gasteiger partial charge in [0.05, 0.1) is 5.69 Å². The summed E-state index contributed by atoms with van der Waals surface area (Å²) in [6.45, 7) is 3.68. The second kappa shape index (κ2) is 6.87. The Morgan fingerprint density at radius 3 is 2.73 bits per heavy atom. The first-order valence-electron chi connectivity index (χ1n) is 9.59. The predicted molar refractivity (Wildman–Crippen MR) is 108 cm³/mol. The van der Waals surface area contributed by atoms with Gasteiger partial charge in [-0.2, -0.15) is 14.7 Å². The van der Waals surface area contributed by atoms with Crippen molar-refractivity contribution in [3.63, 3.8) is 0 Å². The maximum absolute atomic E-state index is 12.9. The largest absolute Gasteiger partial charge is 0.308 e. The van der Waals surface area contributed by atoms with E-state index in [1.54, 1.807) is 16.6 Å². The highest BCUT2D eigenvalue weighted by molar-refractivity contribution is 6.28. The first-order chi connectivity index (χ1) is 14.4. The summed E-state index contributed by atoms with van der Waals surface area (Å²) in [6.07, 6.45) is 2.16. The zero-order chi connectivity index (χ0) is 21.0.